The summed E-state index contributed by atoms with van der Waals surface area (Å²) < 4.78 is 39.4. The summed E-state index contributed by atoms with van der Waals surface area (Å²) in [7, 11) is 0. The van der Waals surface area contributed by atoms with E-state index < -0.39 is 12.1 Å². The smallest absolute Gasteiger partial charge is 0.366 e. The van der Waals surface area contributed by atoms with Crippen molar-refractivity contribution in [1.29, 1.82) is 0 Å². The number of amides is 2. The number of nitrogens with one attached hydrogen (secondary N) is 1. The molecule has 3 aliphatic heterocycles. The van der Waals surface area contributed by atoms with Crippen molar-refractivity contribution in [2.24, 2.45) is 5.92 Å². The zero-order chi connectivity index (χ0) is 21.6. The van der Waals surface area contributed by atoms with Crippen molar-refractivity contribution in [2.45, 2.75) is 31.5 Å². The van der Waals surface area contributed by atoms with Crippen LogP contribution in [0, 0.1) is 5.92 Å². The van der Waals surface area contributed by atoms with E-state index in [1.807, 2.05) is 6.07 Å². The van der Waals surface area contributed by atoms with Gasteiger partial charge in [-0.2, -0.15) is 13.2 Å². The number of fused-ring (bicyclic) bond motifs is 4. The predicted molar refractivity (Wildman–Crippen MR) is 119 cm³/mol. The molecule has 2 fully saturated rings. The topological polar surface area (TPSA) is 64.6 Å². The van der Waals surface area contributed by atoms with Gasteiger partial charge in [0.15, 0.2) is 5.82 Å². The number of anilines is 4. The van der Waals surface area contributed by atoms with Gasteiger partial charge in [0.1, 0.15) is 11.6 Å². The van der Waals surface area contributed by atoms with Crippen LogP contribution in [0.2, 0.25) is 0 Å². The number of urea groups is 1. The Morgan fingerprint density at radius 2 is 1.91 bits per heavy atom. The lowest BCUT2D eigenvalue weighted by molar-refractivity contribution is -0.168. The summed E-state index contributed by atoms with van der Waals surface area (Å²) >= 11 is 0. The molecule has 2 bridgehead atoms. The summed E-state index contributed by atoms with van der Waals surface area (Å²) in [6.07, 6.45) is -0.750. The lowest BCUT2D eigenvalue weighted by atomic mass is 10.00. The van der Waals surface area contributed by atoms with Crippen LogP contribution in [-0.2, 0) is 0 Å². The van der Waals surface area contributed by atoms with Crippen molar-refractivity contribution in [3.63, 3.8) is 0 Å². The average Bonchev–Trinajstić information content (AvgIpc) is 3.25. The van der Waals surface area contributed by atoms with E-state index >= 15 is 0 Å². The molecular weight excluding hydrogens is 445 g/mol. The molecule has 0 unspecified atom stereocenters. The van der Waals surface area contributed by atoms with Crippen LogP contribution in [0.25, 0.3) is 0 Å². The minimum Gasteiger partial charge on any atom is -0.366 e. The second kappa shape index (κ2) is 8.65. The van der Waals surface area contributed by atoms with Crippen molar-refractivity contribution in [3.05, 3.63) is 36.5 Å². The zero-order valence-corrected chi connectivity index (χ0v) is 18.1. The van der Waals surface area contributed by atoms with Gasteiger partial charge in [0.2, 0.25) is 0 Å². The second-order valence-electron chi connectivity index (χ2n) is 8.24. The molecule has 5 rings (SSSR count). The summed E-state index contributed by atoms with van der Waals surface area (Å²) in [4.78, 5) is 27.6. The zero-order valence-electron chi connectivity index (χ0n) is 17.3. The van der Waals surface area contributed by atoms with Crippen molar-refractivity contribution in [3.8, 4) is 0 Å². The van der Waals surface area contributed by atoms with Crippen molar-refractivity contribution in [1.82, 2.24) is 9.97 Å². The van der Waals surface area contributed by atoms with Gasteiger partial charge < -0.3 is 9.80 Å². The molecule has 2 atom stereocenters. The van der Waals surface area contributed by atoms with Gasteiger partial charge in [0.05, 0.1) is 17.6 Å². The monoisotopic (exact) mass is 468 g/mol. The SMILES string of the molecule is Cl.O=C(Nc1ccccn1)N1c2nc(N3CC[C@H](C(F)(F)F)C3)ccc2N2CCC[C@H]1C2. The van der Waals surface area contributed by atoms with Crippen LogP contribution in [0.15, 0.2) is 36.5 Å². The molecule has 2 amide bonds. The van der Waals surface area contributed by atoms with E-state index in [1.165, 1.54) is 0 Å². The summed E-state index contributed by atoms with van der Waals surface area (Å²) in [5.74, 6) is 0.0627. The van der Waals surface area contributed by atoms with Gasteiger partial charge in [-0.25, -0.2) is 14.8 Å². The number of halogens is 4. The summed E-state index contributed by atoms with van der Waals surface area (Å²) in [5, 5.41) is 2.83. The van der Waals surface area contributed by atoms with Crippen molar-refractivity contribution in [2.75, 3.05) is 46.2 Å². The quantitative estimate of drug-likeness (QED) is 0.711. The number of nitrogens with zero attached hydrogens (tertiary/aromatic N) is 5. The van der Waals surface area contributed by atoms with Crippen LogP contribution in [-0.4, -0.2) is 54.4 Å². The Hall–Kier alpha value is -2.75. The Bertz CT molecular complexity index is 976. The predicted octanol–water partition coefficient (Wildman–Crippen LogP) is 4.31. The fourth-order valence-corrected chi connectivity index (χ4v) is 4.69. The van der Waals surface area contributed by atoms with Gasteiger partial charge in [-0.05, 0) is 43.5 Å². The Morgan fingerprint density at radius 1 is 1.06 bits per heavy atom. The third kappa shape index (κ3) is 4.15. The number of carbonyl (C=O) groups excluding carboxylic acids is 1. The lowest BCUT2D eigenvalue weighted by Crippen LogP contribution is -2.56. The molecule has 0 aromatic carbocycles. The van der Waals surface area contributed by atoms with Crippen LogP contribution in [0.4, 0.5) is 41.1 Å². The maximum Gasteiger partial charge on any atom is 0.393 e. The normalized spacial score (nSPS) is 22.3. The first-order valence-corrected chi connectivity index (χ1v) is 10.5. The molecule has 7 nitrogen and oxygen atoms in total. The Morgan fingerprint density at radius 3 is 2.62 bits per heavy atom. The molecule has 0 radical (unpaired) electrons. The van der Waals surface area contributed by atoms with Gasteiger partial charge in [-0.3, -0.25) is 10.2 Å². The van der Waals surface area contributed by atoms with E-state index in [-0.39, 0.29) is 37.4 Å². The average molecular weight is 469 g/mol. The van der Waals surface area contributed by atoms with E-state index in [4.69, 9.17) is 4.98 Å². The molecule has 3 aliphatic rings. The number of hydrogen-bond acceptors (Lipinski definition) is 5. The number of hydrogen-bond donors (Lipinski definition) is 1. The number of alkyl halides is 3. The van der Waals surface area contributed by atoms with E-state index in [0.717, 1.165) is 25.1 Å². The Kier molecular flexibility index (Phi) is 6.07. The molecule has 2 aromatic heterocycles. The fourth-order valence-electron chi connectivity index (χ4n) is 4.69. The molecule has 0 aliphatic carbocycles. The molecule has 2 saturated heterocycles. The van der Waals surface area contributed by atoms with Crippen molar-refractivity contribution < 1.29 is 18.0 Å². The highest BCUT2D eigenvalue weighted by Crippen LogP contribution is 2.41. The maximum atomic E-state index is 13.2. The summed E-state index contributed by atoms with van der Waals surface area (Å²) in [6, 6.07) is 8.53. The third-order valence-corrected chi connectivity index (χ3v) is 6.26. The Balaban J connectivity index is 0.00000245. The van der Waals surface area contributed by atoms with Crippen LogP contribution < -0.4 is 20.0 Å². The molecule has 5 heterocycles. The molecule has 11 heteroatoms. The van der Waals surface area contributed by atoms with E-state index in [0.29, 0.717) is 30.5 Å². The molecule has 0 spiro atoms. The number of pyridine rings is 2. The minimum atomic E-state index is -4.21. The first-order chi connectivity index (χ1) is 14.9. The van der Waals surface area contributed by atoms with Gasteiger partial charge in [-0.15, -0.1) is 12.4 Å². The highest BCUT2D eigenvalue weighted by atomic mass is 35.5. The van der Waals surface area contributed by atoms with Crippen LogP contribution in [0.5, 0.6) is 0 Å². The third-order valence-electron chi connectivity index (χ3n) is 6.26. The standard InChI is InChI=1S/C21H23F3N6O.ClH/c22-21(23,24)14-8-11-29(12-14)18-7-6-16-19(27-18)30(15-4-3-10-28(16)13-15)20(31)26-17-5-1-2-9-25-17;/h1-2,5-7,9,14-15H,3-4,8,10-13H2,(H,25,26,31);1H/t14-,15-;/m0./s1. The molecule has 32 heavy (non-hydrogen) atoms. The van der Waals surface area contributed by atoms with E-state index in [2.05, 4.69) is 15.2 Å². The van der Waals surface area contributed by atoms with Gasteiger partial charge in [-0.1, -0.05) is 6.07 Å². The molecular formula is C21H24ClF3N6O. The number of piperidine rings is 1. The number of carbonyl (C=O) groups is 1. The summed E-state index contributed by atoms with van der Waals surface area (Å²) in [5.41, 5.74) is 0.836. The first kappa shape index (κ1) is 22.4. The maximum absolute atomic E-state index is 13.2. The summed E-state index contributed by atoms with van der Waals surface area (Å²) in [6.45, 7) is 1.77. The molecule has 0 saturated carbocycles. The van der Waals surface area contributed by atoms with Crippen LogP contribution in [0.1, 0.15) is 19.3 Å². The fraction of sp³-hybridized carbons (Fsp3) is 0.476. The second-order valence-corrected chi connectivity index (χ2v) is 8.24. The van der Waals surface area contributed by atoms with Crippen LogP contribution >= 0.6 is 12.4 Å². The van der Waals surface area contributed by atoms with Gasteiger partial charge in [0.25, 0.3) is 0 Å². The Labute approximate surface area is 190 Å². The molecule has 172 valence electrons. The molecule has 2 aromatic rings. The lowest BCUT2D eigenvalue weighted by Gasteiger charge is -2.46. The molecule has 1 N–H and O–H groups in total. The van der Waals surface area contributed by atoms with Gasteiger partial charge in [0, 0.05) is 32.4 Å². The first-order valence-electron chi connectivity index (χ1n) is 10.5. The minimum absolute atomic E-state index is 0. The van der Waals surface area contributed by atoms with Crippen molar-refractivity contribution >= 4 is 41.6 Å². The van der Waals surface area contributed by atoms with Gasteiger partial charge >= 0.3 is 12.2 Å². The van der Waals surface area contributed by atoms with Crippen LogP contribution in [0.3, 0.4) is 0 Å². The highest BCUT2D eigenvalue weighted by molar-refractivity contribution is 6.04. The van der Waals surface area contributed by atoms with E-state index in [1.54, 1.807) is 40.3 Å². The number of aromatic nitrogens is 2. The van der Waals surface area contributed by atoms with E-state index in [9.17, 15) is 18.0 Å². The largest absolute Gasteiger partial charge is 0.393 e. The number of rotatable bonds is 2. The highest BCUT2D eigenvalue weighted by Gasteiger charge is 2.44.